The maximum absolute atomic E-state index is 14.2. The van der Waals surface area contributed by atoms with Gasteiger partial charge in [0.2, 0.25) is 5.43 Å². The molecule has 0 unspecified atom stereocenters. The number of hydrogen-bond acceptors (Lipinski definition) is 18. The number of carbonyl (C=O) groups excluding carboxylic acids is 4. The molecule has 0 bridgehead atoms. The van der Waals surface area contributed by atoms with Crippen LogP contribution in [0, 0.1) is 65.2 Å². The Hall–Kier alpha value is -19.1. The van der Waals surface area contributed by atoms with Gasteiger partial charge in [-0.05, 0) is 208 Å². The van der Waals surface area contributed by atoms with Crippen LogP contribution in [0.2, 0.25) is 5.02 Å². The predicted molar refractivity (Wildman–Crippen MR) is 566 cm³/mol. The van der Waals surface area contributed by atoms with Gasteiger partial charge in [0, 0.05) is 56.2 Å². The molecule has 0 spiro atoms. The fraction of sp³-hybridized carbons (Fsp3) is 0.139. The highest BCUT2D eigenvalue weighted by atomic mass is 35.5. The Labute approximate surface area is 845 Å². The molecule has 0 saturated heterocycles. The van der Waals surface area contributed by atoms with Gasteiger partial charge in [-0.15, -0.1) is 0 Å². The number of fused-ring (bicyclic) bond motifs is 8. The lowest BCUT2D eigenvalue weighted by Gasteiger charge is -2.20. The van der Waals surface area contributed by atoms with E-state index in [4.69, 9.17) is 31.0 Å². The number of nitrogens with zero attached hydrogens (tertiary/aromatic N) is 18. The van der Waals surface area contributed by atoms with Gasteiger partial charge in [-0.2, -0.15) is 30.6 Å². The average Bonchev–Trinajstić information content (AvgIpc) is 1.75. The Morgan fingerprint density at radius 2 is 0.721 bits per heavy atom. The molecular weight excluding hydrogens is 1870 g/mol. The number of aromatic nitrogens is 18. The second-order valence-corrected chi connectivity index (χ2v) is 35.7. The van der Waals surface area contributed by atoms with Crippen LogP contribution in [0.15, 0.2) is 334 Å². The summed E-state index contributed by atoms with van der Waals surface area (Å²) in [4.78, 5) is 124. The van der Waals surface area contributed by atoms with Crippen LogP contribution >= 0.6 is 11.6 Å². The molecule has 147 heavy (non-hydrogen) atoms. The van der Waals surface area contributed by atoms with Crippen molar-refractivity contribution in [2.45, 2.75) is 93.4 Å². The summed E-state index contributed by atoms with van der Waals surface area (Å²) in [6.07, 6.45) is 12.4. The molecule has 31 nitrogen and oxygen atoms in total. The van der Waals surface area contributed by atoms with E-state index in [-0.39, 0.29) is 45.7 Å². The van der Waals surface area contributed by atoms with E-state index in [1.54, 1.807) is 138 Å². The molecule has 22 aromatic rings. The zero-order chi connectivity index (χ0) is 103. The molecule has 0 aliphatic rings. The second kappa shape index (κ2) is 41.2. The molecule has 0 radical (unpaired) electrons. The molecule has 4 atom stereocenters. The highest BCUT2D eigenvalue weighted by molar-refractivity contribution is 6.35. The number of aryl methyl sites for hydroxylation is 7. The molecule has 0 fully saturated rings. The largest absolute Gasteiger partial charge is 0.458 e. The van der Waals surface area contributed by atoms with Crippen molar-refractivity contribution >= 4 is 101 Å². The van der Waals surface area contributed by atoms with Crippen molar-refractivity contribution in [3.63, 3.8) is 0 Å². The third-order valence-electron chi connectivity index (χ3n) is 25.3. The van der Waals surface area contributed by atoms with E-state index in [9.17, 15) is 38.4 Å². The van der Waals surface area contributed by atoms with E-state index in [0.717, 1.165) is 27.9 Å². The zero-order valence-electron chi connectivity index (χ0n) is 81.9. The number of pyridine rings is 4. The van der Waals surface area contributed by atoms with Crippen LogP contribution in [0.3, 0.4) is 0 Å². The summed E-state index contributed by atoms with van der Waals surface area (Å²) in [5.41, 5.74) is 15.8. The van der Waals surface area contributed by atoms with Gasteiger partial charge < -0.3 is 25.7 Å². The molecule has 0 aliphatic heterocycles. The SMILES string of the molecule is Cc1nn2ccccc2c1C(=O)N[C@@H](C)c1nc2cccc(C#Cc3cnn(C)c3C)c2c(=O)n1-c1ccccc1.Cc1nn2ccccc2c1C(=O)N[C@@H](C)c1nc2cccc(C)c2c(=O)n1-c1ccccc1.Cc1nn2ccccc2c1C(=O)N[C@@H](C)c1nc2cccc(Cl)c2c(=O)n1-c1ccccc1.Cc1nn2ccccc2c1C(=O)N[C@@H](C)c1oc2cccc(C#Cc3cnn(C)c3)c2c(=O)c1-c1ccccc1. The minimum absolute atomic E-state index is 0.160. The third-order valence-corrected chi connectivity index (χ3v) is 25.6. The lowest BCUT2D eigenvalue weighted by Crippen LogP contribution is -2.33. The number of carbonyl (C=O) groups is 4. The van der Waals surface area contributed by atoms with E-state index in [1.807, 2.05) is 292 Å². The monoisotopic (exact) mass is 1960 g/mol. The summed E-state index contributed by atoms with van der Waals surface area (Å²) < 4.78 is 21.2. The minimum Gasteiger partial charge on any atom is -0.458 e. The molecule has 14 heterocycles. The Morgan fingerprint density at radius 3 is 1.14 bits per heavy atom. The zero-order valence-corrected chi connectivity index (χ0v) is 82.6. The van der Waals surface area contributed by atoms with Crippen LogP contribution in [0.4, 0.5) is 0 Å². The first-order valence-corrected chi connectivity index (χ1v) is 47.6. The van der Waals surface area contributed by atoms with E-state index in [1.165, 1.54) is 4.57 Å². The van der Waals surface area contributed by atoms with Gasteiger partial charge in [-0.25, -0.2) is 33.0 Å². The van der Waals surface area contributed by atoms with Crippen molar-refractivity contribution in [3.8, 4) is 51.9 Å². The highest BCUT2D eigenvalue weighted by Gasteiger charge is 2.32. The maximum atomic E-state index is 14.2. The number of para-hydroxylation sites is 3. The first kappa shape index (κ1) is 96.7. The normalized spacial score (nSPS) is 12.0. The number of amides is 4. The maximum Gasteiger partial charge on any atom is 0.267 e. The molecule has 14 aromatic heterocycles. The van der Waals surface area contributed by atoms with Gasteiger partial charge in [0.15, 0.2) is 0 Å². The summed E-state index contributed by atoms with van der Waals surface area (Å²) in [5, 5.41) is 40.3. The van der Waals surface area contributed by atoms with Crippen molar-refractivity contribution in [1.29, 1.82) is 0 Å². The van der Waals surface area contributed by atoms with E-state index >= 15 is 0 Å². The van der Waals surface area contributed by atoms with Crippen LogP contribution in [0.25, 0.3) is 93.9 Å². The van der Waals surface area contributed by atoms with Crippen molar-refractivity contribution in [3.05, 3.63) is 458 Å². The Balaban J connectivity index is 0.000000124. The lowest BCUT2D eigenvalue weighted by atomic mass is 9.97. The van der Waals surface area contributed by atoms with Crippen molar-refractivity contribution in [2.75, 3.05) is 0 Å². The second-order valence-electron chi connectivity index (χ2n) is 35.3. The molecule has 4 N–H and O–H groups in total. The van der Waals surface area contributed by atoms with Gasteiger partial charge in [0.05, 0.1) is 186 Å². The quantitative estimate of drug-likeness (QED) is 0.0653. The van der Waals surface area contributed by atoms with Crippen molar-refractivity contribution in [1.82, 2.24) is 108 Å². The van der Waals surface area contributed by atoms with Gasteiger partial charge in [0.1, 0.15) is 28.8 Å². The van der Waals surface area contributed by atoms with Gasteiger partial charge in [-0.1, -0.05) is 175 Å². The van der Waals surface area contributed by atoms with E-state index < -0.39 is 24.2 Å². The molecule has 0 saturated carbocycles. The molecule has 22 rings (SSSR count). The summed E-state index contributed by atoms with van der Waals surface area (Å²) in [5.74, 6) is 13.0. The van der Waals surface area contributed by atoms with E-state index in [0.29, 0.717) is 173 Å². The molecular formula is C115H95ClN22O9. The highest BCUT2D eigenvalue weighted by Crippen LogP contribution is 2.34. The van der Waals surface area contributed by atoms with E-state index in [2.05, 4.69) is 75.5 Å². The fourth-order valence-electron chi connectivity index (χ4n) is 18.2. The first-order chi connectivity index (χ1) is 71.1. The third kappa shape index (κ3) is 19.2. The minimum atomic E-state index is -0.622. The topological polar surface area (TPSA) is 356 Å². The molecule has 4 amide bonds. The fourth-order valence-corrected chi connectivity index (χ4v) is 18.4. The first-order valence-electron chi connectivity index (χ1n) is 47.3. The molecule has 726 valence electrons. The van der Waals surface area contributed by atoms with Crippen molar-refractivity contribution in [2.24, 2.45) is 14.1 Å². The molecule has 0 aliphatic carbocycles. The van der Waals surface area contributed by atoms with Crippen LogP contribution in [-0.4, -0.2) is 110 Å². The number of halogens is 1. The molecule has 8 aromatic carbocycles. The Kier molecular flexibility index (Phi) is 27.1. The predicted octanol–water partition coefficient (Wildman–Crippen LogP) is 17.9. The number of nitrogens with one attached hydrogen (secondary N) is 4. The number of benzene rings is 8. The number of hydrogen-bond donors (Lipinski definition) is 4. The smallest absolute Gasteiger partial charge is 0.267 e. The average molecular weight is 1960 g/mol. The molecule has 32 heteroatoms. The Bertz CT molecular complexity index is 9140. The lowest BCUT2D eigenvalue weighted by molar-refractivity contribution is 0.0929. The summed E-state index contributed by atoms with van der Waals surface area (Å²) in [6, 6.07) is 78.7. The summed E-state index contributed by atoms with van der Waals surface area (Å²) in [7, 11) is 3.68. The van der Waals surface area contributed by atoms with Crippen LogP contribution in [0.1, 0.15) is 173 Å². The van der Waals surface area contributed by atoms with Gasteiger partial charge in [-0.3, -0.25) is 61.4 Å². The standard InChI is InChI=1S/C32H27N7O2.C32H25N5O3.C26H23N5O2.C25H20ClN5O2/c1-20-28(27-15-8-9-18-38(27)36-20)31(40)34-21(2)30-35-26-14-10-11-23(16-17-24-19-33-37(4)22(24)3)29(26)32(41)39(30)25-12-6-5-7-13-25;1-20-27(25-13-7-8-17-37(25)35-20)32(39)34-21(2)31-29(23-10-5-4-6-11-23)30(38)28-24(12-9-14-26(28)40-31)16-15-22-18-33-36(3)19-22;1-16-10-9-13-20-22(16)26(33)31(19-11-5-4-6-12-19)24(28-20)18(3)27-25(32)23-17(2)29-30-15-8-7-14-21(23)30;1-15-21(20-13-6-7-14-30(20)29-15)24(32)27-16(2)23-28-19-12-8-11-18(26)22(19)25(33)31(23)17-9-4-3-5-10-17/h5-15,18-19,21H,1-4H3,(H,34,40);4-14,17-19,21H,1-3H3,(H,34,39);4-15,18H,1-3H3,(H,27,32);3-14,16H,1-2H3,(H,27,32)/t2*21-;18-;16-/m0000/s1. The van der Waals surface area contributed by atoms with Gasteiger partial charge >= 0.3 is 0 Å². The Morgan fingerprint density at radius 1 is 0.361 bits per heavy atom. The number of rotatable bonds is 16. The van der Waals surface area contributed by atoms with Crippen molar-refractivity contribution < 1.29 is 23.6 Å². The van der Waals surface area contributed by atoms with Crippen LogP contribution in [0.5, 0.6) is 0 Å². The summed E-state index contributed by atoms with van der Waals surface area (Å²) in [6.45, 7) is 18.3. The van der Waals surface area contributed by atoms with Crippen LogP contribution < -0.4 is 43.4 Å². The van der Waals surface area contributed by atoms with Crippen LogP contribution in [-0.2, 0) is 14.1 Å². The summed E-state index contributed by atoms with van der Waals surface area (Å²) >= 11 is 6.35. The van der Waals surface area contributed by atoms with Gasteiger partial charge in [0.25, 0.3) is 40.3 Å².